The van der Waals surface area contributed by atoms with Crippen LogP contribution in [0, 0.1) is 6.92 Å². The van der Waals surface area contributed by atoms with Gasteiger partial charge in [0.2, 0.25) is 5.91 Å². The van der Waals surface area contributed by atoms with Gasteiger partial charge in [0.05, 0.1) is 5.39 Å². The second-order valence-corrected chi connectivity index (χ2v) is 7.66. The lowest BCUT2D eigenvalue weighted by Crippen LogP contribution is -2.35. The molecular formula is C19H21N3O2S. The first-order chi connectivity index (χ1) is 11.8. The van der Waals surface area contributed by atoms with Crippen LogP contribution in [0.5, 0.6) is 0 Å². The lowest BCUT2D eigenvalue weighted by Gasteiger charge is -2.19. The highest BCUT2D eigenvalue weighted by Gasteiger charge is 2.25. The molecule has 1 aromatic carbocycles. The Morgan fingerprint density at radius 2 is 1.84 bits per heavy atom. The molecule has 6 heteroatoms. The largest absolute Gasteiger partial charge is 0.368 e. The summed E-state index contributed by atoms with van der Waals surface area (Å²) in [6.07, 6.45) is 0. The van der Waals surface area contributed by atoms with Gasteiger partial charge >= 0.3 is 0 Å². The Morgan fingerprint density at radius 1 is 1.20 bits per heavy atom. The van der Waals surface area contributed by atoms with E-state index in [1.165, 1.54) is 15.9 Å². The zero-order valence-corrected chi connectivity index (χ0v) is 15.6. The van der Waals surface area contributed by atoms with Gasteiger partial charge in [0.15, 0.2) is 0 Å². The third-order valence-corrected chi connectivity index (χ3v) is 5.34. The second-order valence-electron chi connectivity index (χ2n) is 6.46. The van der Waals surface area contributed by atoms with E-state index in [9.17, 15) is 9.59 Å². The average molecular weight is 355 g/mol. The number of rotatable bonds is 4. The molecule has 3 rings (SSSR count). The average Bonchev–Trinajstić information content (AvgIpc) is 2.91. The van der Waals surface area contributed by atoms with Gasteiger partial charge in [-0.2, -0.15) is 0 Å². The van der Waals surface area contributed by atoms with Gasteiger partial charge in [-0.3, -0.25) is 14.2 Å². The molecule has 0 fully saturated rings. The molecule has 2 aromatic heterocycles. The summed E-state index contributed by atoms with van der Waals surface area (Å²) in [4.78, 5) is 31.5. The van der Waals surface area contributed by atoms with Gasteiger partial charge in [-0.1, -0.05) is 44.2 Å². The summed E-state index contributed by atoms with van der Waals surface area (Å²) in [5.41, 5.74) is 7.14. The van der Waals surface area contributed by atoms with Crippen molar-refractivity contribution in [1.29, 1.82) is 0 Å². The molecule has 2 N–H and O–H groups in total. The minimum absolute atomic E-state index is 0.00137. The molecule has 25 heavy (non-hydrogen) atoms. The number of hydrogen-bond acceptors (Lipinski definition) is 4. The fraction of sp³-hybridized carbons (Fsp3) is 0.316. The van der Waals surface area contributed by atoms with Crippen LogP contribution in [0.15, 0.2) is 35.1 Å². The first kappa shape index (κ1) is 17.4. The van der Waals surface area contributed by atoms with Crippen LogP contribution in [-0.2, 0) is 4.79 Å². The SMILES string of the molecule is Cc1sc2nc(C(C)C)n(C(C)C(N)=O)c(=O)c2c1-c1ccccc1. The zero-order valence-electron chi connectivity index (χ0n) is 14.7. The van der Waals surface area contributed by atoms with Crippen LogP contribution in [-0.4, -0.2) is 15.5 Å². The van der Waals surface area contributed by atoms with Crippen LogP contribution in [0.1, 0.15) is 43.4 Å². The Balaban J connectivity index is 2.44. The number of carbonyl (C=O) groups excluding carboxylic acids is 1. The van der Waals surface area contributed by atoms with Crippen molar-refractivity contribution in [2.24, 2.45) is 5.73 Å². The van der Waals surface area contributed by atoms with E-state index in [0.29, 0.717) is 16.0 Å². The van der Waals surface area contributed by atoms with Gasteiger partial charge < -0.3 is 5.73 Å². The number of nitrogens with zero attached hydrogens (tertiary/aromatic N) is 2. The van der Waals surface area contributed by atoms with Crippen molar-refractivity contribution in [1.82, 2.24) is 9.55 Å². The number of fused-ring (bicyclic) bond motifs is 1. The molecule has 1 atom stereocenters. The number of thiophene rings is 1. The maximum atomic E-state index is 13.3. The molecular weight excluding hydrogens is 334 g/mol. The van der Waals surface area contributed by atoms with E-state index in [2.05, 4.69) is 0 Å². The minimum Gasteiger partial charge on any atom is -0.368 e. The summed E-state index contributed by atoms with van der Waals surface area (Å²) in [6.45, 7) is 7.54. The van der Waals surface area contributed by atoms with E-state index in [4.69, 9.17) is 10.7 Å². The maximum Gasteiger partial charge on any atom is 0.263 e. The number of primary amides is 1. The standard InChI is InChI=1S/C19H21N3O2S/c1-10(2)17-21-18-15(19(24)22(17)11(3)16(20)23)14(12(4)25-18)13-8-6-5-7-9-13/h5-11H,1-4H3,(H2,20,23). The molecule has 0 saturated carbocycles. The number of aromatic nitrogens is 2. The molecule has 0 aliphatic heterocycles. The van der Waals surface area contributed by atoms with E-state index < -0.39 is 11.9 Å². The van der Waals surface area contributed by atoms with E-state index in [-0.39, 0.29) is 11.5 Å². The number of carbonyl (C=O) groups is 1. The molecule has 0 aliphatic carbocycles. The Hall–Kier alpha value is -2.47. The maximum absolute atomic E-state index is 13.3. The van der Waals surface area contributed by atoms with Gasteiger partial charge in [0.1, 0.15) is 16.7 Å². The minimum atomic E-state index is -0.745. The summed E-state index contributed by atoms with van der Waals surface area (Å²) in [6, 6.07) is 9.04. The van der Waals surface area contributed by atoms with E-state index in [1.807, 2.05) is 51.1 Å². The van der Waals surface area contributed by atoms with Crippen LogP contribution in [0.25, 0.3) is 21.3 Å². The van der Waals surface area contributed by atoms with Crippen molar-refractivity contribution in [3.05, 3.63) is 51.4 Å². The number of aryl methyl sites for hydroxylation is 1. The van der Waals surface area contributed by atoms with Crippen molar-refractivity contribution in [2.45, 2.75) is 39.7 Å². The molecule has 0 saturated heterocycles. The number of benzene rings is 1. The summed E-state index contributed by atoms with van der Waals surface area (Å²) in [7, 11) is 0. The highest BCUT2D eigenvalue weighted by atomic mass is 32.1. The summed E-state index contributed by atoms with van der Waals surface area (Å²) in [5, 5.41) is 0.561. The summed E-state index contributed by atoms with van der Waals surface area (Å²) in [5.74, 6) is 0.0458. The van der Waals surface area contributed by atoms with E-state index in [0.717, 1.165) is 16.0 Å². The van der Waals surface area contributed by atoms with Crippen LogP contribution in [0.2, 0.25) is 0 Å². The van der Waals surface area contributed by atoms with Crippen molar-refractivity contribution >= 4 is 27.5 Å². The van der Waals surface area contributed by atoms with Crippen molar-refractivity contribution in [3.63, 3.8) is 0 Å². The lowest BCUT2D eigenvalue weighted by molar-refractivity contribution is -0.120. The first-order valence-corrected chi connectivity index (χ1v) is 9.04. The van der Waals surface area contributed by atoms with Crippen molar-refractivity contribution in [3.8, 4) is 11.1 Å². The molecule has 1 unspecified atom stereocenters. The topological polar surface area (TPSA) is 78.0 Å². The quantitative estimate of drug-likeness (QED) is 0.776. The number of nitrogens with two attached hydrogens (primary N) is 1. The predicted octanol–water partition coefficient (Wildman–Crippen LogP) is 3.60. The third kappa shape index (κ3) is 2.87. The van der Waals surface area contributed by atoms with Gasteiger partial charge in [0, 0.05) is 16.4 Å². The van der Waals surface area contributed by atoms with E-state index in [1.54, 1.807) is 6.92 Å². The fourth-order valence-electron chi connectivity index (χ4n) is 3.05. The Labute approximate surface area is 150 Å². The predicted molar refractivity (Wildman–Crippen MR) is 102 cm³/mol. The smallest absolute Gasteiger partial charge is 0.263 e. The molecule has 0 radical (unpaired) electrons. The molecule has 0 spiro atoms. The number of amides is 1. The molecule has 5 nitrogen and oxygen atoms in total. The van der Waals surface area contributed by atoms with Crippen LogP contribution in [0.4, 0.5) is 0 Å². The fourth-order valence-corrected chi connectivity index (χ4v) is 4.09. The first-order valence-electron chi connectivity index (χ1n) is 8.23. The Kier molecular flexibility index (Phi) is 4.47. The van der Waals surface area contributed by atoms with Gasteiger partial charge in [-0.05, 0) is 19.4 Å². The molecule has 2 heterocycles. The molecule has 3 aromatic rings. The highest BCUT2D eigenvalue weighted by molar-refractivity contribution is 7.19. The van der Waals surface area contributed by atoms with Crippen LogP contribution in [0.3, 0.4) is 0 Å². The number of hydrogen-bond donors (Lipinski definition) is 1. The molecule has 0 bridgehead atoms. The highest BCUT2D eigenvalue weighted by Crippen LogP contribution is 2.36. The van der Waals surface area contributed by atoms with Crippen molar-refractivity contribution < 1.29 is 4.79 Å². The summed E-state index contributed by atoms with van der Waals surface area (Å²) >= 11 is 1.51. The van der Waals surface area contributed by atoms with Gasteiger partial charge in [0.25, 0.3) is 5.56 Å². The summed E-state index contributed by atoms with van der Waals surface area (Å²) < 4.78 is 1.45. The second kappa shape index (κ2) is 6.44. The van der Waals surface area contributed by atoms with Gasteiger partial charge in [-0.25, -0.2) is 4.98 Å². The molecule has 130 valence electrons. The normalized spacial score (nSPS) is 12.7. The third-order valence-electron chi connectivity index (χ3n) is 4.34. The van der Waals surface area contributed by atoms with Crippen LogP contribution >= 0.6 is 11.3 Å². The Bertz CT molecular complexity index is 1000. The zero-order chi connectivity index (χ0) is 18.3. The molecule has 1 amide bonds. The van der Waals surface area contributed by atoms with Crippen LogP contribution < -0.4 is 11.3 Å². The Morgan fingerprint density at radius 3 is 2.40 bits per heavy atom. The van der Waals surface area contributed by atoms with Gasteiger partial charge in [-0.15, -0.1) is 11.3 Å². The monoisotopic (exact) mass is 355 g/mol. The molecule has 0 aliphatic rings. The van der Waals surface area contributed by atoms with E-state index >= 15 is 0 Å². The lowest BCUT2D eigenvalue weighted by atomic mass is 10.0. The van der Waals surface area contributed by atoms with Crippen molar-refractivity contribution in [2.75, 3.05) is 0 Å².